The molecule has 1 aliphatic heterocycles. The molecule has 1 amide bonds. The molecule has 1 fully saturated rings. The van der Waals surface area contributed by atoms with E-state index in [0.717, 1.165) is 17.5 Å². The average molecular weight is 497 g/mol. The number of nitrogens with zero attached hydrogens (tertiary/aromatic N) is 2. The first kappa shape index (κ1) is 22.8. The Kier molecular flexibility index (Phi) is 6.62. The Morgan fingerprint density at radius 3 is 2.78 bits per heavy atom. The zero-order chi connectivity index (χ0) is 22.9. The Bertz CT molecular complexity index is 1260. The predicted molar refractivity (Wildman–Crippen MR) is 125 cm³/mol. The van der Waals surface area contributed by atoms with E-state index >= 15 is 0 Å². The Balaban J connectivity index is 1.56. The maximum Gasteiger partial charge on any atom is 0.252 e. The van der Waals surface area contributed by atoms with Crippen LogP contribution in [0.3, 0.4) is 0 Å². The standard InChI is InChI=1S/C21H22Cl2N4O4S/c1-31-12-18(20-24-16-6-5-14(22)11-17(16)25-20)26-21(28)13-4-7-19(15(23)10-13)27-8-2-3-9-32(27,29)30/h4-7,10-11,18H,2-3,8-9,12H2,1H3,(H,24,25)(H,26,28)/t18-/m0/s1. The number of fused-ring (bicyclic) bond motifs is 1. The number of nitrogens with one attached hydrogen (secondary N) is 2. The summed E-state index contributed by atoms with van der Waals surface area (Å²) in [6.07, 6.45) is 1.39. The van der Waals surface area contributed by atoms with Crippen LogP contribution in [0.4, 0.5) is 5.69 Å². The fourth-order valence-corrected chi connectivity index (χ4v) is 5.83. The lowest BCUT2D eigenvalue weighted by Gasteiger charge is -2.29. The third kappa shape index (κ3) is 4.71. The Labute approximate surface area is 195 Å². The molecule has 4 rings (SSSR count). The van der Waals surface area contributed by atoms with Crippen LogP contribution < -0.4 is 9.62 Å². The van der Waals surface area contributed by atoms with Gasteiger partial charge in [0.2, 0.25) is 10.0 Å². The maximum absolute atomic E-state index is 12.9. The van der Waals surface area contributed by atoms with Gasteiger partial charge in [-0.3, -0.25) is 9.10 Å². The van der Waals surface area contributed by atoms with Crippen molar-refractivity contribution in [1.82, 2.24) is 15.3 Å². The van der Waals surface area contributed by atoms with Gasteiger partial charge in [-0.05, 0) is 49.2 Å². The number of carbonyl (C=O) groups excluding carboxylic acids is 1. The zero-order valence-corrected chi connectivity index (χ0v) is 19.6. The number of hydrogen-bond donors (Lipinski definition) is 2. The van der Waals surface area contributed by atoms with Crippen molar-refractivity contribution in [2.24, 2.45) is 0 Å². The first-order valence-electron chi connectivity index (χ1n) is 10.0. The summed E-state index contributed by atoms with van der Waals surface area (Å²) in [6.45, 7) is 0.566. The molecule has 2 aromatic carbocycles. The molecule has 0 spiro atoms. The molecule has 2 N–H and O–H groups in total. The van der Waals surface area contributed by atoms with Gasteiger partial charge in [0, 0.05) is 24.2 Å². The molecule has 11 heteroatoms. The lowest BCUT2D eigenvalue weighted by atomic mass is 10.1. The second-order valence-electron chi connectivity index (χ2n) is 7.53. The van der Waals surface area contributed by atoms with E-state index < -0.39 is 16.1 Å². The summed E-state index contributed by atoms with van der Waals surface area (Å²) >= 11 is 12.4. The number of hydrogen-bond acceptors (Lipinski definition) is 5. The fraction of sp³-hybridized carbons (Fsp3) is 0.333. The second-order valence-corrected chi connectivity index (χ2v) is 10.4. The van der Waals surface area contributed by atoms with Crippen molar-refractivity contribution in [3.63, 3.8) is 0 Å². The molecule has 1 aromatic heterocycles. The lowest BCUT2D eigenvalue weighted by Crippen LogP contribution is -2.38. The highest BCUT2D eigenvalue weighted by molar-refractivity contribution is 7.92. The largest absolute Gasteiger partial charge is 0.382 e. The summed E-state index contributed by atoms with van der Waals surface area (Å²) in [7, 11) is -1.87. The first-order chi connectivity index (χ1) is 15.3. The van der Waals surface area contributed by atoms with E-state index in [4.69, 9.17) is 27.9 Å². The van der Waals surface area contributed by atoms with Crippen molar-refractivity contribution in [2.45, 2.75) is 18.9 Å². The number of H-pyrrole nitrogens is 1. The highest BCUT2D eigenvalue weighted by Crippen LogP contribution is 2.31. The van der Waals surface area contributed by atoms with Crippen LogP contribution >= 0.6 is 23.2 Å². The van der Waals surface area contributed by atoms with Gasteiger partial charge in [0.05, 0.1) is 34.1 Å². The van der Waals surface area contributed by atoms with Crippen molar-refractivity contribution in [3.05, 3.63) is 57.8 Å². The minimum absolute atomic E-state index is 0.0903. The first-order valence-corrected chi connectivity index (χ1v) is 12.4. The summed E-state index contributed by atoms with van der Waals surface area (Å²) in [4.78, 5) is 20.6. The highest BCUT2D eigenvalue weighted by atomic mass is 35.5. The Morgan fingerprint density at radius 2 is 2.06 bits per heavy atom. The third-order valence-corrected chi connectivity index (χ3v) is 7.65. The lowest BCUT2D eigenvalue weighted by molar-refractivity contribution is 0.0892. The molecular weight excluding hydrogens is 475 g/mol. The summed E-state index contributed by atoms with van der Waals surface area (Å²) in [5.41, 5.74) is 2.15. The number of benzene rings is 2. The molecule has 1 saturated heterocycles. The number of ether oxygens (including phenoxy) is 1. The molecule has 3 aromatic rings. The van der Waals surface area contributed by atoms with Gasteiger partial charge in [-0.15, -0.1) is 0 Å². The van der Waals surface area contributed by atoms with Crippen molar-refractivity contribution >= 4 is 55.9 Å². The molecule has 0 radical (unpaired) electrons. The minimum atomic E-state index is -3.40. The van der Waals surface area contributed by atoms with Gasteiger partial charge >= 0.3 is 0 Å². The van der Waals surface area contributed by atoms with Crippen molar-refractivity contribution in [3.8, 4) is 0 Å². The van der Waals surface area contributed by atoms with Crippen LogP contribution in [0.5, 0.6) is 0 Å². The van der Waals surface area contributed by atoms with E-state index in [0.29, 0.717) is 35.1 Å². The molecule has 0 saturated carbocycles. The number of sulfonamides is 1. The topological polar surface area (TPSA) is 104 Å². The molecule has 32 heavy (non-hydrogen) atoms. The van der Waals surface area contributed by atoms with Crippen LogP contribution in [0.15, 0.2) is 36.4 Å². The quantitative estimate of drug-likeness (QED) is 0.537. The number of carbonyl (C=O) groups is 1. The number of methoxy groups -OCH3 is 1. The van der Waals surface area contributed by atoms with Crippen LogP contribution in [-0.4, -0.2) is 50.3 Å². The second kappa shape index (κ2) is 9.27. The van der Waals surface area contributed by atoms with E-state index in [1.165, 1.54) is 17.5 Å². The number of amides is 1. The molecule has 2 heterocycles. The molecule has 0 aliphatic carbocycles. The van der Waals surface area contributed by atoms with E-state index in [1.54, 1.807) is 30.3 Å². The molecule has 8 nitrogen and oxygen atoms in total. The van der Waals surface area contributed by atoms with Crippen LogP contribution in [-0.2, 0) is 14.8 Å². The van der Waals surface area contributed by atoms with Gasteiger partial charge in [-0.2, -0.15) is 0 Å². The Hall–Kier alpha value is -2.33. The fourth-order valence-electron chi connectivity index (χ4n) is 3.67. The SMILES string of the molecule is COC[C@H](NC(=O)c1ccc(N2CCCCS2(=O)=O)c(Cl)c1)c1nc2ccc(Cl)cc2[nH]1. The van der Waals surface area contributed by atoms with E-state index in [9.17, 15) is 13.2 Å². The summed E-state index contributed by atoms with van der Waals surface area (Å²) in [6, 6.07) is 9.34. The Morgan fingerprint density at radius 1 is 1.25 bits per heavy atom. The zero-order valence-electron chi connectivity index (χ0n) is 17.3. The molecule has 1 atom stereocenters. The minimum Gasteiger partial charge on any atom is -0.382 e. The number of imidazole rings is 1. The van der Waals surface area contributed by atoms with Gasteiger partial charge in [-0.1, -0.05) is 23.2 Å². The van der Waals surface area contributed by atoms with E-state index in [-0.39, 0.29) is 23.3 Å². The molecule has 0 unspecified atom stereocenters. The van der Waals surface area contributed by atoms with Crippen molar-refractivity contribution in [2.75, 3.05) is 30.3 Å². The average Bonchev–Trinajstić information content (AvgIpc) is 3.16. The molecular formula is C21H22Cl2N4O4S. The van der Waals surface area contributed by atoms with Crippen molar-refractivity contribution < 1.29 is 17.9 Å². The predicted octanol–water partition coefficient (Wildman–Crippen LogP) is 3.92. The normalized spacial score (nSPS) is 16.8. The van der Waals surface area contributed by atoms with Gasteiger partial charge in [-0.25, -0.2) is 13.4 Å². The van der Waals surface area contributed by atoms with E-state index in [2.05, 4.69) is 15.3 Å². The van der Waals surface area contributed by atoms with Crippen LogP contribution in [0.25, 0.3) is 11.0 Å². The smallest absolute Gasteiger partial charge is 0.252 e. The maximum atomic E-state index is 12.9. The van der Waals surface area contributed by atoms with Crippen molar-refractivity contribution in [1.29, 1.82) is 0 Å². The van der Waals surface area contributed by atoms with Crippen LogP contribution in [0.2, 0.25) is 10.0 Å². The number of anilines is 1. The summed E-state index contributed by atoms with van der Waals surface area (Å²) < 4.78 is 31.3. The third-order valence-electron chi connectivity index (χ3n) is 5.26. The number of aromatic amines is 1. The molecule has 170 valence electrons. The van der Waals surface area contributed by atoms with Gasteiger partial charge in [0.1, 0.15) is 11.9 Å². The molecule has 0 bridgehead atoms. The van der Waals surface area contributed by atoms with E-state index in [1.807, 2.05) is 0 Å². The number of halogens is 2. The molecule has 1 aliphatic rings. The van der Waals surface area contributed by atoms with Crippen LogP contribution in [0.1, 0.15) is 35.1 Å². The van der Waals surface area contributed by atoms with Gasteiger partial charge in [0.15, 0.2) is 0 Å². The van der Waals surface area contributed by atoms with Gasteiger partial charge in [0.25, 0.3) is 5.91 Å². The summed E-state index contributed by atoms with van der Waals surface area (Å²) in [5, 5.41) is 3.66. The van der Waals surface area contributed by atoms with Crippen LogP contribution in [0, 0.1) is 0 Å². The number of aromatic nitrogens is 2. The number of rotatable bonds is 6. The highest BCUT2D eigenvalue weighted by Gasteiger charge is 2.28. The summed E-state index contributed by atoms with van der Waals surface area (Å²) in [5.74, 6) is 0.229. The monoisotopic (exact) mass is 496 g/mol. The van der Waals surface area contributed by atoms with Gasteiger partial charge < -0.3 is 15.0 Å².